The third-order valence-corrected chi connectivity index (χ3v) is 21.3. The lowest BCUT2D eigenvalue weighted by atomic mass is 9.39. The molecule has 0 radical (unpaired) electrons. The molecule has 6 aliphatic rings. The van der Waals surface area contributed by atoms with Crippen molar-refractivity contribution in [2.45, 2.75) is 156 Å². The lowest BCUT2D eigenvalue weighted by Crippen LogP contribution is -2.64. The zero-order chi connectivity index (χ0) is 71.5. The minimum atomic E-state index is -4.79. The van der Waals surface area contributed by atoms with Crippen molar-refractivity contribution in [3.63, 3.8) is 0 Å². The molecule has 4 bridgehead atoms. The van der Waals surface area contributed by atoms with Gasteiger partial charge in [0.05, 0.1) is 28.6 Å². The van der Waals surface area contributed by atoms with Crippen molar-refractivity contribution in [3.8, 4) is 11.1 Å². The zero-order valence-corrected chi connectivity index (χ0v) is 58.3. The van der Waals surface area contributed by atoms with Crippen molar-refractivity contribution in [3.05, 3.63) is 131 Å². The van der Waals surface area contributed by atoms with E-state index in [-0.39, 0.29) is 84.2 Å². The third-order valence-electron chi connectivity index (χ3n) is 19.6. The molecule has 29 heteroatoms. The van der Waals surface area contributed by atoms with Gasteiger partial charge in [0, 0.05) is 79.4 Å². The van der Waals surface area contributed by atoms with E-state index in [9.17, 15) is 61.2 Å². The van der Waals surface area contributed by atoms with Crippen LogP contribution in [0.2, 0.25) is 0 Å². The molecule has 4 fully saturated rings. The zero-order valence-electron chi connectivity index (χ0n) is 56.7. The van der Waals surface area contributed by atoms with Crippen LogP contribution in [0.25, 0.3) is 21.3 Å². The van der Waals surface area contributed by atoms with Crippen LogP contribution in [-0.2, 0) is 74.5 Å². The molecule has 4 aliphatic carbocycles. The number of amides is 8. The highest BCUT2D eigenvalue weighted by Crippen LogP contribution is 2.72. The van der Waals surface area contributed by atoms with Crippen molar-refractivity contribution in [1.82, 2.24) is 45.9 Å². The summed E-state index contributed by atoms with van der Waals surface area (Å²) in [6.45, 7) is 12.8. The highest BCUT2D eigenvalue weighted by Gasteiger charge is 2.66. The number of para-hydroxylation sites is 1. The van der Waals surface area contributed by atoms with Crippen LogP contribution in [0, 0.1) is 29.1 Å². The molecule has 100 heavy (non-hydrogen) atoms. The maximum atomic E-state index is 13.8. The summed E-state index contributed by atoms with van der Waals surface area (Å²) in [5.41, 5.74) is 4.62. The molecular weight excluding hydrogens is 1320 g/mol. The van der Waals surface area contributed by atoms with Crippen molar-refractivity contribution in [2.24, 2.45) is 22.2 Å². The van der Waals surface area contributed by atoms with Gasteiger partial charge in [-0.1, -0.05) is 81.9 Å². The Labute approximate surface area is 582 Å². The predicted octanol–water partition coefficient (Wildman–Crippen LogP) is 7.88. The number of carboxylic acids is 1. The molecule has 2 unspecified atom stereocenters. The number of thiazole rings is 1. The fourth-order valence-corrected chi connectivity index (χ4v) is 17.7. The molecule has 27 nitrogen and oxygen atoms in total. The van der Waals surface area contributed by atoms with E-state index in [0.717, 1.165) is 64.0 Å². The number of nitrogens with one attached hydrogen (secondary N) is 6. The second-order valence-corrected chi connectivity index (χ2v) is 31.0. The first-order chi connectivity index (χ1) is 47.5. The first-order valence-corrected chi connectivity index (χ1v) is 36.0. The molecule has 8 amide bonds. The third kappa shape index (κ3) is 16.9. The number of aromatic nitrogens is 4. The Kier molecular flexibility index (Phi) is 21.1. The molecule has 3 aromatic carbocycles. The number of alkyl carbamates (subject to hydrolysis) is 1. The van der Waals surface area contributed by atoms with Crippen molar-refractivity contribution < 1.29 is 70.7 Å². The average molecular weight is 1410 g/mol. The number of ether oxygens (including phenoxy) is 2. The average Bonchev–Trinajstić information content (AvgIpc) is 0.747. The number of hydrogen-bond donors (Lipinski definition) is 8. The van der Waals surface area contributed by atoms with Crippen LogP contribution >= 0.6 is 11.3 Å². The van der Waals surface area contributed by atoms with Gasteiger partial charge in [-0.3, -0.25) is 53.0 Å². The summed E-state index contributed by atoms with van der Waals surface area (Å²) < 4.78 is 49.2. The first-order valence-electron chi connectivity index (χ1n) is 33.6. The quantitative estimate of drug-likeness (QED) is 0.0126. The van der Waals surface area contributed by atoms with E-state index in [4.69, 9.17) is 19.6 Å². The maximum Gasteiger partial charge on any atom is 0.408 e. The summed E-state index contributed by atoms with van der Waals surface area (Å²) in [6.07, 6.45) is 10.3. The number of carbonyl (C=O) groups excluding carboxylic acids is 8. The highest BCUT2D eigenvalue weighted by molar-refractivity contribution is 7.85. The number of imide groups is 1. The fraction of sp³-hybridized carbons (Fsp3) is 0.465. The predicted molar refractivity (Wildman–Crippen MR) is 371 cm³/mol. The Morgan fingerprint density at radius 1 is 0.770 bits per heavy atom. The van der Waals surface area contributed by atoms with Gasteiger partial charge >= 0.3 is 12.1 Å². The van der Waals surface area contributed by atoms with Crippen LogP contribution in [0.4, 0.5) is 21.4 Å². The van der Waals surface area contributed by atoms with Gasteiger partial charge in [0.15, 0.2) is 10.8 Å². The Bertz CT molecular complexity index is 4270. The number of anilines is 3. The summed E-state index contributed by atoms with van der Waals surface area (Å²) in [6, 6.07) is 19.4. The number of unbranched alkanes of at least 4 members (excludes halogenated alkanes) is 2. The van der Waals surface area contributed by atoms with E-state index in [2.05, 4.69) is 50.7 Å². The minimum absolute atomic E-state index is 0.0507. The van der Waals surface area contributed by atoms with E-state index >= 15 is 0 Å². The van der Waals surface area contributed by atoms with Crippen LogP contribution < -0.4 is 36.8 Å². The number of carbonyl (C=O) groups is 9. The summed E-state index contributed by atoms with van der Waals surface area (Å²) in [7, 11) is -4.79. The fourth-order valence-electron chi connectivity index (χ4n) is 16.2. The lowest BCUT2D eigenvalue weighted by Gasteiger charge is -2.69. The number of rotatable bonds is 29. The second kappa shape index (κ2) is 29.4. The van der Waals surface area contributed by atoms with E-state index in [1.54, 1.807) is 44.3 Å². The molecule has 530 valence electrons. The number of hydrogen-bond acceptors (Lipinski definition) is 18. The van der Waals surface area contributed by atoms with Gasteiger partial charge in [0.2, 0.25) is 23.6 Å². The Balaban J connectivity index is 0.649. The van der Waals surface area contributed by atoms with Crippen molar-refractivity contribution >= 4 is 102 Å². The van der Waals surface area contributed by atoms with Gasteiger partial charge in [-0.25, -0.2) is 19.6 Å². The number of nitrogens with zero attached hydrogens (tertiary/aromatic N) is 6. The molecule has 5 atom stereocenters. The number of carboxylic acid groups (broad SMARTS) is 1. The van der Waals surface area contributed by atoms with Gasteiger partial charge in [-0.05, 0) is 153 Å². The Morgan fingerprint density at radius 2 is 1.50 bits per heavy atom. The van der Waals surface area contributed by atoms with Gasteiger partial charge < -0.3 is 46.1 Å². The van der Waals surface area contributed by atoms with Crippen LogP contribution in [0.3, 0.4) is 0 Å². The van der Waals surface area contributed by atoms with Crippen LogP contribution in [0.5, 0.6) is 0 Å². The SMILES string of the molecule is Cc1c(-c2ccc(N3CCc4cccc(C(=O)Nc5nc6ccccc6s5)c4C3)nc2C(=O)O)cnn1CC12CC3(C)CC(C)(C1)CC(OCCNC(=O)[C@H](CS(=O)(=O)O)NC(=O)OCc1ccc(NC(=O)[C@H](C)NC(=O)[C@@H](NC(=O)CCCCCN4C(=O)C=CC4=O)C(C)C)cc1)(C3)C2. The van der Waals surface area contributed by atoms with Gasteiger partial charge in [0.25, 0.3) is 27.8 Å². The number of fused-ring (bicyclic) bond motifs is 2. The topological polar surface area (TPSA) is 369 Å². The number of pyridine rings is 1. The maximum absolute atomic E-state index is 13.8. The normalized spacial score (nSPS) is 21.5. The molecule has 6 aromatic rings. The number of aromatic carboxylic acids is 1. The highest BCUT2D eigenvalue weighted by atomic mass is 32.2. The monoisotopic (exact) mass is 1410 g/mol. The van der Waals surface area contributed by atoms with Crippen molar-refractivity contribution in [1.29, 1.82) is 0 Å². The summed E-state index contributed by atoms with van der Waals surface area (Å²) in [4.78, 5) is 129. The molecule has 0 saturated heterocycles. The van der Waals surface area contributed by atoms with Gasteiger partial charge in [-0.2, -0.15) is 13.5 Å². The van der Waals surface area contributed by atoms with Gasteiger partial charge in [-0.15, -0.1) is 0 Å². The van der Waals surface area contributed by atoms with Crippen LogP contribution in [0.15, 0.2) is 97.2 Å². The Morgan fingerprint density at radius 3 is 2.20 bits per heavy atom. The van der Waals surface area contributed by atoms with Crippen LogP contribution in [0.1, 0.15) is 142 Å². The second-order valence-electron chi connectivity index (χ2n) is 28.4. The molecule has 8 N–H and O–H groups in total. The molecule has 2 aliphatic heterocycles. The molecule has 4 saturated carbocycles. The summed E-state index contributed by atoms with van der Waals surface area (Å²) in [5, 5.41) is 32.1. The van der Waals surface area contributed by atoms with E-state index < -0.39 is 69.4 Å². The molecule has 3 aromatic heterocycles. The van der Waals surface area contributed by atoms with E-state index in [1.807, 2.05) is 59.0 Å². The lowest BCUT2D eigenvalue weighted by molar-refractivity contribution is -0.247. The molecule has 5 heterocycles. The van der Waals surface area contributed by atoms with Gasteiger partial charge in [0.1, 0.15) is 36.3 Å². The largest absolute Gasteiger partial charge is 0.476 e. The van der Waals surface area contributed by atoms with E-state index in [0.29, 0.717) is 90.6 Å². The summed E-state index contributed by atoms with van der Waals surface area (Å²) >= 11 is 1.40. The standard InChI is InChI=1S/C71H84N12O15S2/c1-42(2)59(79-56(84)17-8-7-11-28-82-57(85)24-25-58(82)86)64(90)74-43(3)61(87)75-47-20-18-45(19-21-47)33-97-67(93)77-53(34-100(94,95)96)63(89)72-27-30-98-71-38-68(5)35-69(6,39-71)37-70(36-68,40-71)41-83-44(4)50(31-73-83)48-22-23-55(78-60(48)65(91)92)81-29-26-46-13-12-14-49(51(46)32-81)62(88)80-66-76-52-15-9-10-16-54(52)99-66/h9-10,12-16,18-25,31,42-43,53,59H,7-8,11,17,26-30,32-41H2,1-6H3,(H,72,89)(H,74,90)(H,75,87)(H,77,93)(H,79,84)(H,91,92)(H,76,80,88)(H,94,95,96)/t43-,53-,59-,68?,69?,70?,71?/m0/s1. The first kappa shape index (κ1) is 71.8. The van der Waals surface area contributed by atoms with Crippen LogP contribution in [-0.4, -0.2) is 152 Å². The molecule has 0 spiro atoms. The summed E-state index contributed by atoms with van der Waals surface area (Å²) in [5.74, 6) is -5.60. The molecule has 12 rings (SSSR count). The van der Waals surface area contributed by atoms with Crippen molar-refractivity contribution in [2.75, 3.05) is 47.5 Å². The molecular formula is C71H84N12O15S2. The smallest absolute Gasteiger partial charge is 0.408 e. The Hall–Kier alpha value is -9.45. The minimum Gasteiger partial charge on any atom is -0.476 e. The number of benzene rings is 3. The van der Waals surface area contributed by atoms with E-state index in [1.165, 1.54) is 42.5 Å².